The van der Waals surface area contributed by atoms with Gasteiger partial charge in [-0.1, -0.05) is 27.2 Å². The van der Waals surface area contributed by atoms with E-state index in [9.17, 15) is 9.59 Å². The van der Waals surface area contributed by atoms with Gasteiger partial charge in [0.25, 0.3) is 0 Å². The fraction of sp³-hybridized carbons (Fsp3) is 0.889. The van der Waals surface area contributed by atoms with E-state index in [0.717, 1.165) is 38.9 Å². The third-order valence-corrected chi connectivity index (χ3v) is 2.43. The van der Waals surface area contributed by atoms with Crippen molar-refractivity contribution in [1.29, 1.82) is 0 Å². The zero-order valence-corrected chi connectivity index (χ0v) is 16.4. The molecule has 0 saturated carbocycles. The molecule has 0 heterocycles. The lowest BCUT2D eigenvalue weighted by Crippen LogP contribution is -2.16. The van der Waals surface area contributed by atoms with Gasteiger partial charge in [-0.2, -0.15) is 0 Å². The van der Waals surface area contributed by atoms with E-state index < -0.39 is 0 Å². The van der Waals surface area contributed by atoms with Crippen molar-refractivity contribution in [1.82, 2.24) is 5.32 Å². The molecule has 24 heavy (non-hydrogen) atoms. The molecule has 0 atom stereocenters. The number of hydrogen-bond acceptors (Lipinski definition) is 6. The Morgan fingerprint density at radius 2 is 1.54 bits per heavy atom. The van der Waals surface area contributed by atoms with E-state index >= 15 is 0 Å². The molecule has 0 rings (SSSR count). The summed E-state index contributed by atoms with van der Waals surface area (Å²) in [6.45, 7) is 12.0. The molecule has 0 amide bonds. The zero-order valence-electron chi connectivity index (χ0n) is 16.4. The zero-order chi connectivity index (χ0) is 18.9. The molecule has 0 unspecified atom stereocenters. The number of aldehydes is 1. The van der Waals surface area contributed by atoms with Crippen molar-refractivity contribution in [2.75, 3.05) is 53.2 Å². The average Bonchev–Trinajstić information content (AvgIpc) is 2.59. The van der Waals surface area contributed by atoms with E-state index in [1.807, 2.05) is 20.9 Å². The van der Waals surface area contributed by atoms with E-state index in [4.69, 9.17) is 14.2 Å². The van der Waals surface area contributed by atoms with Gasteiger partial charge in [0.1, 0.15) is 12.9 Å². The SMILES string of the molecule is CC.CCCCOCCCC=O.CNCCOCCOCC(C)=O. The van der Waals surface area contributed by atoms with E-state index in [1.54, 1.807) is 0 Å². The van der Waals surface area contributed by atoms with Crippen molar-refractivity contribution in [3.8, 4) is 0 Å². The van der Waals surface area contributed by atoms with Crippen LogP contribution in [0.2, 0.25) is 0 Å². The molecule has 0 aliphatic carbocycles. The Morgan fingerprint density at radius 1 is 0.958 bits per heavy atom. The molecular weight excluding hydrogens is 310 g/mol. The molecule has 0 aromatic rings. The molecule has 1 N–H and O–H groups in total. The van der Waals surface area contributed by atoms with Gasteiger partial charge in [0.15, 0.2) is 5.78 Å². The minimum Gasteiger partial charge on any atom is -0.381 e. The minimum atomic E-state index is 0.0465. The van der Waals surface area contributed by atoms with Gasteiger partial charge in [0, 0.05) is 26.2 Å². The van der Waals surface area contributed by atoms with Crippen molar-refractivity contribution in [3.05, 3.63) is 0 Å². The predicted octanol–water partition coefficient (Wildman–Crippen LogP) is 2.64. The summed E-state index contributed by atoms with van der Waals surface area (Å²) in [5, 5.41) is 2.96. The van der Waals surface area contributed by atoms with Crippen LogP contribution in [0, 0.1) is 0 Å². The van der Waals surface area contributed by atoms with Crippen LogP contribution in [0.15, 0.2) is 0 Å². The van der Waals surface area contributed by atoms with Crippen molar-refractivity contribution < 1.29 is 23.8 Å². The van der Waals surface area contributed by atoms with Crippen LogP contribution in [0.5, 0.6) is 0 Å². The third kappa shape index (κ3) is 37.4. The quantitative estimate of drug-likeness (QED) is 0.362. The van der Waals surface area contributed by atoms with Gasteiger partial charge < -0.3 is 24.3 Å². The average molecular weight is 350 g/mol. The highest BCUT2D eigenvalue weighted by atomic mass is 16.5. The van der Waals surface area contributed by atoms with Crippen LogP contribution in [0.1, 0.15) is 53.4 Å². The monoisotopic (exact) mass is 349 g/mol. The summed E-state index contributed by atoms with van der Waals surface area (Å²) in [7, 11) is 1.87. The van der Waals surface area contributed by atoms with Crippen LogP contribution in [-0.4, -0.2) is 65.3 Å². The molecule has 6 nitrogen and oxygen atoms in total. The Hall–Kier alpha value is -0.820. The molecular formula is C18H39NO5. The standard InChI is InChI=1S/C8H17NO3.C8H16O2.C2H6/c1-8(10)7-12-6-5-11-4-3-9-2;1-2-3-7-10-8-5-4-6-9;1-2/h9H,3-7H2,1-2H3;6H,2-5,7-8H2,1H3;1-2H3. The lowest BCUT2D eigenvalue weighted by molar-refractivity contribution is -0.122. The maximum absolute atomic E-state index is 10.4. The first-order chi connectivity index (χ1) is 11.7. The van der Waals surface area contributed by atoms with Gasteiger partial charge >= 0.3 is 0 Å². The van der Waals surface area contributed by atoms with E-state index in [2.05, 4.69) is 12.2 Å². The number of likely N-dealkylation sites (N-methyl/N-ethyl adjacent to an activating group) is 1. The van der Waals surface area contributed by atoms with E-state index in [-0.39, 0.29) is 12.4 Å². The Bertz CT molecular complexity index is 237. The first-order valence-electron chi connectivity index (χ1n) is 8.99. The second kappa shape index (κ2) is 30.1. The molecule has 0 aromatic heterocycles. The topological polar surface area (TPSA) is 73.9 Å². The van der Waals surface area contributed by atoms with E-state index in [0.29, 0.717) is 26.2 Å². The summed E-state index contributed by atoms with van der Waals surface area (Å²) < 4.78 is 15.4. The predicted molar refractivity (Wildman–Crippen MR) is 98.6 cm³/mol. The molecule has 0 bridgehead atoms. The number of ketones is 1. The van der Waals surface area contributed by atoms with Crippen LogP contribution < -0.4 is 5.32 Å². The molecule has 0 radical (unpaired) electrons. The Labute approximate surface area is 148 Å². The second-order valence-corrected chi connectivity index (χ2v) is 4.75. The van der Waals surface area contributed by atoms with Gasteiger partial charge in [0.2, 0.25) is 0 Å². The summed E-state index contributed by atoms with van der Waals surface area (Å²) in [6.07, 6.45) is 4.73. The van der Waals surface area contributed by atoms with Crippen molar-refractivity contribution in [3.63, 3.8) is 0 Å². The fourth-order valence-corrected chi connectivity index (χ4v) is 1.23. The Kier molecular flexibility index (Phi) is 35.1. The number of rotatable bonds is 15. The number of unbranched alkanes of at least 4 members (excludes halogenated alkanes) is 2. The van der Waals surface area contributed by atoms with Gasteiger partial charge in [-0.3, -0.25) is 4.79 Å². The second-order valence-electron chi connectivity index (χ2n) is 4.75. The molecule has 0 aromatic carbocycles. The number of hydrogen-bond donors (Lipinski definition) is 1. The maximum Gasteiger partial charge on any atom is 0.155 e. The number of Topliss-reactive ketones (excluding diaryl/α,β-unsaturated/α-hetero) is 1. The lowest BCUT2D eigenvalue weighted by atomic mass is 10.3. The lowest BCUT2D eigenvalue weighted by Gasteiger charge is -2.03. The van der Waals surface area contributed by atoms with Crippen LogP contribution in [0.4, 0.5) is 0 Å². The highest BCUT2D eigenvalue weighted by Gasteiger charge is 1.92. The van der Waals surface area contributed by atoms with Crippen LogP contribution in [0.3, 0.4) is 0 Å². The summed E-state index contributed by atoms with van der Waals surface area (Å²) in [5.41, 5.74) is 0. The normalized spacial score (nSPS) is 9.38. The maximum atomic E-state index is 10.4. The summed E-state index contributed by atoms with van der Waals surface area (Å²) in [6, 6.07) is 0. The molecule has 146 valence electrons. The Balaban J connectivity index is -0.000000337. The largest absolute Gasteiger partial charge is 0.381 e. The summed E-state index contributed by atoms with van der Waals surface area (Å²) in [5.74, 6) is 0.0465. The van der Waals surface area contributed by atoms with Gasteiger partial charge in [-0.15, -0.1) is 0 Å². The number of ether oxygens (including phenoxy) is 3. The fourth-order valence-electron chi connectivity index (χ4n) is 1.23. The third-order valence-electron chi connectivity index (χ3n) is 2.43. The van der Waals surface area contributed by atoms with Crippen molar-refractivity contribution in [2.24, 2.45) is 0 Å². The summed E-state index contributed by atoms with van der Waals surface area (Å²) >= 11 is 0. The molecule has 6 heteroatoms. The first-order valence-corrected chi connectivity index (χ1v) is 8.99. The van der Waals surface area contributed by atoms with Gasteiger partial charge in [0.05, 0.1) is 19.8 Å². The summed E-state index contributed by atoms with van der Waals surface area (Å²) in [4.78, 5) is 20.2. The molecule has 0 aliphatic heterocycles. The molecule has 0 spiro atoms. The number of nitrogens with one attached hydrogen (secondary N) is 1. The highest BCUT2D eigenvalue weighted by molar-refractivity contribution is 5.76. The Morgan fingerprint density at radius 3 is 2.08 bits per heavy atom. The highest BCUT2D eigenvalue weighted by Crippen LogP contribution is 1.90. The van der Waals surface area contributed by atoms with Crippen LogP contribution in [0.25, 0.3) is 0 Å². The number of carbonyl (C=O) groups excluding carboxylic acids is 2. The minimum absolute atomic E-state index is 0.0465. The van der Waals surface area contributed by atoms with Gasteiger partial charge in [-0.25, -0.2) is 0 Å². The van der Waals surface area contributed by atoms with E-state index in [1.165, 1.54) is 13.3 Å². The molecule has 0 fully saturated rings. The van der Waals surface area contributed by atoms with Gasteiger partial charge in [-0.05, 0) is 26.8 Å². The van der Waals surface area contributed by atoms with Crippen molar-refractivity contribution in [2.45, 2.75) is 53.4 Å². The van der Waals surface area contributed by atoms with Crippen LogP contribution >= 0.6 is 0 Å². The van der Waals surface area contributed by atoms with Crippen molar-refractivity contribution >= 4 is 12.1 Å². The smallest absolute Gasteiger partial charge is 0.155 e. The molecule has 0 saturated heterocycles. The first kappa shape index (κ1) is 28.0. The number of carbonyl (C=O) groups is 2. The van der Waals surface area contributed by atoms with Crippen LogP contribution in [-0.2, 0) is 23.8 Å². The molecule has 0 aliphatic rings.